The summed E-state index contributed by atoms with van der Waals surface area (Å²) in [4.78, 5) is 2.13. The number of hydrogen-bond acceptors (Lipinski definition) is 6. The number of para-hydroxylation sites is 1. The molecule has 1 aliphatic heterocycles. The highest BCUT2D eigenvalue weighted by Gasteiger charge is 2.37. The summed E-state index contributed by atoms with van der Waals surface area (Å²) >= 11 is 0. The standard InChI is InChI=1S/C19H24N4O2/c20-19-16(9-15(21-22-19)14-7-3-4-8-17(14)24)23-10-12-5-1-2-6-13(12)18(25)11-23/h3-4,7-9,12-13,18,24-25H,1-2,5-6,10-11H2,(H2,20,22)/t12?,13?,18-/m1/s1. The molecule has 1 saturated heterocycles. The van der Waals surface area contributed by atoms with Crippen LogP contribution in [-0.2, 0) is 0 Å². The molecule has 2 unspecified atom stereocenters. The van der Waals surface area contributed by atoms with Crippen LogP contribution >= 0.6 is 0 Å². The number of anilines is 2. The number of nitrogens with two attached hydrogens (primary N) is 1. The summed E-state index contributed by atoms with van der Waals surface area (Å²) in [7, 11) is 0. The van der Waals surface area contributed by atoms with Crippen LogP contribution in [0.15, 0.2) is 30.3 Å². The molecule has 1 aromatic heterocycles. The fourth-order valence-corrected chi connectivity index (χ4v) is 4.35. The second-order valence-corrected chi connectivity index (χ2v) is 7.20. The molecular weight excluding hydrogens is 316 g/mol. The molecule has 6 nitrogen and oxygen atoms in total. The number of aliphatic hydroxyl groups excluding tert-OH is 1. The first-order valence-electron chi connectivity index (χ1n) is 8.98. The van der Waals surface area contributed by atoms with E-state index in [1.807, 2.05) is 18.2 Å². The molecule has 4 rings (SSSR count). The van der Waals surface area contributed by atoms with Crippen molar-refractivity contribution in [2.45, 2.75) is 31.8 Å². The maximum Gasteiger partial charge on any atom is 0.169 e. The van der Waals surface area contributed by atoms with Gasteiger partial charge in [0.15, 0.2) is 5.82 Å². The highest BCUT2D eigenvalue weighted by molar-refractivity contribution is 5.74. The Labute approximate surface area is 147 Å². The van der Waals surface area contributed by atoms with E-state index in [-0.39, 0.29) is 11.9 Å². The number of nitrogens with zero attached hydrogens (tertiary/aromatic N) is 3. The van der Waals surface area contributed by atoms with Crippen LogP contribution in [0.3, 0.4) is 0 Å². The summed E-state index contributed by atoms with van der Waals surface area (Å²) in [6.07, 6.45) is 4.39. The Hall–Kier alpha value is -2.34. The van der Waals surface area contributed by atoms with Crippen LogP contribution in [0.4, 0.5) is 11.5 Å². The number of benzene rings is 1. The van der Waals surface area contributed by atoms with E-state index in [2.05, 4.69) is 15.1 Å². The SMILES string of the molecule is Nc1nnc(-c2ccccc2O)cc1N1CC2CCCCC2[C@H](O)C1. The molecule has 2 aromatic rings. The van der Waals surface area contributed by atoms with Crippen molar-refractivity contribution >= 4 is 11.5 Å². The average Bonchev–Trinajstić information content (AvgIpc) is 2.63. The molecule has 2 aliphatic rings. The zero-order chi connectivity index (χ0) is 17.4. The van der Waals surface area contributed by atoms with Gasteiger partial charge in [0, 0.05) is 18.7 Å². The van der Waals surface area contributed by atoms with Crippen LogP contribution in [-0.4, -0.2) is 39.6 Å². The summed E-state index contributed by atoms with van der Waals surface area (Å²) in [5, 5.41) is 28.9. The Morgan fingerprint density at radius 2 is 1.88 bits per heavy atom. The van der Waals surface area contributed by atoms with Crippen LogP contribution < -0.4 is 10.6 Å². The maximum absolute atomic E-state index is 10.6. The third-order valence-electron chi connectivity index (χ3n) is 5.65. The number of nitrogen functional groups attached to an aromatic ring is 1. The number of aliphatic hydroxyl groups is 1. The third-order valence-corrected chi connectivity index (χ3v) is 5.65. The number of hydrogen-bond donors (Lipinski definition) is 3. The zero-order valence-electron chi connectivity index (χ0n) is 14.2. The van der Waals surface area contributed by atoms with E-state index in [1.54, 1.807) is 12.1 Å². The van der Waals surface area contributed by atoms with E-state index in [0.717, 1.165) is 25.1 Å². The van der Waals surface area contributed by atoms with Crippen LogP contribution in [0.25, 0.3) is 11.3 Å². The van der Waals surface area contributed by atoms with Crippen molar-refractivity contribution in [2.24, 2.45) is 11.8 Å². The lowest BCUT2D eigenvalue weighted by molar-refractivity contribution is 0.0342. The molecule has 0 radical (unpaired) electrons. The molecule has 3 atom stereocenters. The average molecular weight is 340 g/mol. The van der Waals surface area contributed by atoms with Crippen LogP contribution in [0.2, 0.25) is 0 Å². The van der Waals surface area contributed by atoms with E-state index < -0.39 is 0 Å². The predicted molar refractivity (Wildman–Crippen MR) is 97.2 cm³/mol. The smallest absolute Gasteiger partial charge is 0.169 e. The molecule has 0 amide bonds. The van der Waals surface area contributed by atoms with Gasteiger partial charge >= 0.3 is 0 Å². The third kappa shape index (κ3) is 3.02. The molecular formula is C19H24N4O2. The van der Waals surface area contributed by atoms with Gasteiger partial charge in [0.1, 0.15) is 5.75 Å². The van der Waals surface area contributed by atoms with Gasteiger partial charge in [-0.25, -0.2) is 0 Å². The minimum atomic E-state index is -0.333. The molecule has 6 heteroatoms. The fraction of sp³-hybridized carbons (Fsp3) is 0.474. The molecule has 4 N–H and O–H groups in total. The number of aromatic hydroxyl groups is 1. The molecule has 0 bridgehead atoms. The lowest BCUT2D eigenvalue weighted by Gasteiger charge is -2.45. The summed E-state index contributed by atoms with van der Waals surface area (Å²) in [6.45, 7) is 1.45. The lowest BCUT2D eigenvalue weighted by Crippen LogP contribution is -2.50. The zero-order valence-corrected chi connectivity index (χ0v) is 14.2. The molecule has 132 valence electrons. The Morgan fingerprint density at radius 1 is 1.08 bits per heavy atom. The molecule has 2 heterocycles. The van der Waals surface area contributed by atoms with Crippen molar-refractivity contribution in [3.63, 3.8) is 0 Å². The van der Waals surface area contributed by atoms with Gasteiger partial charge < -0.3 is 20.8 Å². The quantitative estimate of drug-likeness (QED) is 0.777. The van der Waals surface area contributed by atoms with Crippen molar-refractivity contribution in [3.8, 4) is 17.0 Å². The number of piperidine rings is 1. The van der Waals surface area contributed by atoms with Gasteiger partial charge in [-0.15, -0.1) is 10.2 Å². The van der Waals surface area contributed by atoms with E-state index in [9.17, 15) is 10.2 Å². The van der Waals surface area contributed by atoms with Gasteiger partial charge in [0.05, 0.1) is 17.5 Å². The first-order chi connectivity index (χ1) is 12.1. The van der Waals surface area contributed by atoms with Crippen molar-refractivity contribution in [3.05, 3.63) is 30.3 Å². The highest BCUT2D eigenvalue weighted by atomic mass is 16.3. The summed E-state index contributed by atoms with van der Waals surface area (Å²) < 4.78 is 0. The van der Waals surface area contributed by atoms with Crippen molar-refractivity contribution in [1.29, 1.82) is 0 Å². The highest BCUT2D eigenvalue weighted by Crippen LogP contribution is 2.39. The van der Waals surface area contributed by atoms with E-state index in [4.69, 9.17) is 5.73 Å². The lowest BCUT2D eigenvalue weighted by atomic mass is 9.73. The predicted octanol–water partition coefficient (Wildman–Crippen LogP) is 2.42. The minimum Gasteiger partial charge on any atom is -0.507 e. The second kappa shape index (κ2) is 6.52. The molecule has 1 aromatic carbocycles. The van der Waals surface area contributed by atoms with Crippen molar-refractivity contribution in [2.75, 3.05) is 23.7 Å². The van der Waals surface area contributed by atoms with Gasteiger partial charge in [0.2, 0.25) is 0 Å². The van der Waals surface area contributed by atoms with Crippen LogP contribution in [0.1, 0.15) is 25.7 Å². The summed E-state index contributed by atoms with van der Waals surface area (Å²) in [5.41, 5.74) is 8.09. The van der Waals surface area contributed by atoms with Gasteiger partial charge in [0.25, 0.3) is 0 Å². The first kappa shape index (κ1) is 16.1. The van der Waals surface area contributed by atoms with Gasteiger partial charge in [-0.1, -0.05) is 25.0 Å². The number of rotatable bonds is 2. The largest absolute Gasteiger partial charge is 0.507 e. The summed E-state index contributed by atoms with van der Waals surface area (Å²) in [6, 6.07) is 8.93. The molecule has 0 spiro atoms. The Bertz CT molecular complexity index is 767. The first-order valence-corrected chi connectivity index (χ1v) is 8.98. The van der Waals surface area contributed by atoms with Gasteiger partial charge in [-0.2, -0.15) is 0 Å². The minimum absolute atomic E-state index is 0.165. The Morgan fingerprint density at radius 3 is 2.72 bits per heavy atom. The Kier molecular flexibility index (Phi) is 4.21. The van der Waals surface area contributed by atoms with Crippen LogP contribution in [0, 0.1) is 11.8 Å². The fourth-order valence-electron chi connectivity index (χ4n) is 4.35. The number of phenolic OH excluding ortho intramolecular Hbond substituents is 1. The number of phenols is 1. The van der Waals surface area contributed by atoms with Gasteiger partial charge in [-0.05, 0) is 42.9 Å². The van der Waals surface area contributed by atoms with E-state index >= 15 is 0 Å². The number of aromatic nitrogens is 2. The Balaban J connectivity index is 1.66. The van der Waals surface area contributed by atoms with E-state index in [1.165, 1.54) is 12.8 Å². The monoisotopic (exact) mass is 340 g/mol. The van der Waals surface area contributed by atoms with Gasteiger partial charge in [-0.3, -0.25) is 0 Å². The van der Waals surface area contributed by atoms with Crippen molar-refractivity contribution in [1.82, 2.24) is 10.2 Å². The number of fused-ring (bicyclic) bond motifs is 1. The second-order valence-electron chi connectivity index (χ2n) is 7.20. The van der Waals surface area contributed by atoms with Crippen molar-refractivity contribution < 1.29 is 10.2 Å². The number of β-amino-alcohol motifs (C(OH)–C–C–N with tert-alkyl or cyclic N) is 1. The van der Waals surface area contributed by atoms with Crippen LogP contribution in [0.5, 0.6) is 5.75 Å². The maximum atomic E-state index is 10.6. The molecule has 1 aliphatic carbocycles. The topological polar surface area (TPSA) is 95.5 Å². The molecule has 1 saturated carbocycles. The molecule has 25 heavy (non-hydrogen) atoms. The molecule has 2 fully saturated rings. The van der Waals surface area contributed by atoms with E-state index in [0.29, 0.717) is 35.5 Å². The summed E-state index contributed by atoms with van der Waals surface area (Å²) in [5.74, 6) is 1.43. The normalized spacial score (nSPS) is 26.3.